The van der Waals surface area contributed by atoms with E-state index in [9.17, 15) is 25.5 Å². The van der Waals surface area contributed by atoms with Crippen molar-refractivity contribution < 1.29 is 30.3 Å². The Labute approximate surface area is 167 Å². The van der Waals surface area contributed by atoms with E-state index >= 15 is 0 Å². The lowest BCUT2D eigenvalue weighted by atomic mass is 9.88. The molecule has 2 aromatic rings. The third kappa shape index (κ3) is 3.80. The topological polar surface area (TPSA) is 136 Å². The highest BCUT2D eigenvalue weighted by Crippen LogP contribution is 2.37. The maximum atomic E-state index is 11.0. The average molecular weight is 410 g/mol. The smallest absolute Gasteiger partial charge is 0.167 e. The van der Waals surface area contributed by atoms with Gasteiger partial charge in [0.1, 0.15) is 30.5 Å². The van der Waals surface area contributed by atoms with E-state index in [1.807, 2.05) is 19.1 Å². The first-order chi connectivity index (χ1) is 13.2. The zero-order chi connectivity index (χ0) is 20.6. The molecule has 0 amide bonds. The maximum Gasteiger partial charge on any atom is 0.167 e. The van der Waals surface area contributed by atoms with Gasteiger partial charge in [0.25, 0.3) is 0 Å². The lowest BCUT2D eigenvalue weighted by Gasteiger charge is -2.40. The fraction of sp³-hybridized carbons (Fsp3) is 0.400. The fourth-order valence-corrected chi connectivity index (χ4v) is 3.61. The van der Waals surface area contributed by atoms with Crippen LogP contribution in [-0.4, -0.2) is 56.6 Å². The summed E-state index contributed by atoms with van der Waals surface area (Å²) in [5.74, 6) is 0. The number of nitrogens with two attached hydrogens (primary N) is 1. The SMILES string of the molecule is Cc1ccc(C(N)(O)c2cc(C3OC(CO)C(O)C(O)C3O)ccc2Cl)cc1. The first kappa shape index (κ1) is 21.2. The summed E-state index contributed by atoms with van der Waals surface area (Å²) in [5, 5.41) is 50.9. The molecule has 0 aliphatic carbocycles. The van der Waals surface area contributed by atoms with E-state index in [0.717, 1.165) is 5.56 Å². The zero-order valence-corrected chi connectivity index (χ0v) is 16.0. The lowest BCUT2D eigenvalue weighted by molar-refractivity contribution is -0.231. The molecule has 0 saturated carbocycles. The highest BCUT2D eigenvalue weighted by molar-refractivity contribution is 6.31. The third-order valence-electron chi connectivity index (χ3n) is 5.11. The number of hydrogen-bond acceptors (Lipinski definition) is 7. The molecule has 1 heterocycles. The van der Waals surface area contributed by atoms with Crippen molar-refractivity contribution in [3.63, 3.8) is 0 Å². The molecule has 0 spiro atoms. The molecule has 1 aliphatic heterocycles. The van der Waals surface area contributed by atoms with Crippen molar-refractivity contribution >= 4 is 11.6 Å². The number of hydrogen-bond donors (Lipinski definition) is 6. The summed E-state index contributed by atoms with van der Waals surface area (Å²) < 4.78 is 5.57. The summed E-state index contributed by atoms with van der Waals surface area (Å²) in [6, 6.07) is 11.5. The second-order valence-corrected chi connectivity index (χ2v) is 7.53. The molecule has 3 rings (SSSR count). The van der Waals surface area contributed by atoms with Crippen LogP contribution in [0.3, 0.4) is 0 Å². The molecule has 6 unspecified atom stereocenters. The Morgan fingerprint density at radius 2 is 1.68 bits per heavy atom. The lowest BCUT2D eigenvalue weighted by Crippen LogP contribution is -2.55. The van der Waals surface area contributed by atoms with Crippen LogP contribution in [0.5, 0.6) is 0 Å². The standard InChI is InChI=1S/C20H24ClNO6/c1-10-2-5-12(6-3-10)20(22,27)13-8-11(4-7-14(13)21)19-18(26)17(25)16(24)15(9-23)28-19/h2-8,15-19,23-27H,9,22H2,1H3. The van der Waals surface area contributed by atoms with Gasteiger partial charge in [0.05, 0.1) is 6.61 Å². The van der Waals surface area contributed by atoms with E-state index in [-0.39, 0.29) is 10.6 Å². The summed E-state index contributed by atoms with van der Waals surface area (Å²) in [4.78, 5) is 0. The van der Waals surface area contributed by atoms with Crippen molar-refractivity contribution in [2.45, 2.75) is 43.2 Å². The van der Waals surface area contributed by atoms with E-state index in [1.54, 1.807) is 18.2 Å². The normalized spacial score (nSPS) is 30.1. The van der Waals surface area contributed by atoms with Crippen LogP contribution in [0.2, 0.25) is 5.02 Å². The number of aliphatic hydroxyl groups is 5. The zero-order valence-electron chi connectivity index (χ0n) is 15.2. The van der Waals surface area contributed by atoms with Gasteiger partial charge in [0.15, 0.2) is 5.72 Å². The number of benzene rings is 2. The Morgan fingerprint density at radius 3 is 2.29 bits per heavy atom. The van der Waals surface area contributed by atoms with E-state index in [0.29, 0.717) is 11.1 Å². The van der Waals surface area contributed by atoms with Crippen molar-refractivity contribution in [1.82, 2.24) is 0 Å². The number of halogens is 1. The Kier molecular flexibility index (Phi) is 6.09. The van der Waals surface area contributed by atoms with Crippen molar-refractivity contribution in [2.24, 2.45) is 5.73 Å². The molecule has 152 valence electrons. The Bertz CT molecular complexity index is 826. The summed E-state index contributed by atoms with van der Waals surface area (Å²) in [6.45, 7) is 1.37. The van der Waals surface area contributed by atoms with Crippen molar-refractivity contribution in [2.75, 3.05) is 6.61 Å². The fourth-order valence-electron chi connectivity index (χ4n) is 3.35. The van der Waals surface area contributed by atoms with E-state index in [4.69, 9.17) is 22.1 Å². The Hall–Kier alpha value is -1.55. The molecule has 1 saturated heterocycles. The first-order valence-electron chi connectivity index (χ1n) is 8.85. The predicted octanol–water partition coefficient (Wildman–Crippen LogP) is 0.315. The molecule has 6 atom stereocenters. The number of ether oxygens (including phenoxy) is 1. The van der Waals surface area contributed by atoms with Crippen LogP contribution >= 0.6 is 11.6 Å². The summed E-state index contributed by atoms with van der Waals surface area (Å²) in [6.07, 6.45) is -6.51. The van der Waals surface area contributed by atoms with Crippen LogP contribution in [0, 0.1) is 6.92 Å². The summed E-state index contributed by atoms with van der Waals surface area (Å²) in [7, 11) is 0. The van der Waals surface area contributed by atoms with Crippen molar-refractivity contribution in [3.8, 4) is 0 Å². The van der Waals surface area contributed by atoms with Gasteiger partial charge in [-0.15, -0.1) is 0 Å². The second kappa shape index (κ2) is 8.06. The van der Waals surface area contributed by atoms with Gasteiger partial charge in [-0.25, -0.2) is 0 Å². The minimum Gasteiger partial charge on any atom is -0.394 e. The molecular formula is C20H24ClNO6. The molecule has 8 heteroatoms. The molecule has 7 nitrogen and oxygen atoms in total. The first-order valence-corrected chi connectivity index (χ1v) is 9.23. The molecule has 7 N–H and O–H groups in total. The van der Waals surface area contributed by atoms with E-state index in [1.165, 1.54) is 12.1 Å². The van der Waals surface area contributed by atoms with Crippen LogP contribution in [0.15, 0.2) is 42.5 Å². The molecular weight excluding hydrogens is 386 g/mol. The van der Waals surface area contributed by atoms with Gasteiger partial charge in [-0.3, -0.25) is 5.73 Å². The monoisotopic (exact) mass is 409 g/mol. The van der Waals surface area contributed by atoms with Gasteiger partial charge >= 0.3 is 0 Å². The predicted molar refractivity (Wildman–Crippen MR) is 103 cm³/mol. The summed E-state index contributed by atoms with van der Waals surface area (Å²) in [5.41, 5.74) is 6.27. The van der Waals surface area contributed by atoms with Crippen LogP contribution in [0.1, 0.15) is 28.4 Å². The van der Waals surface area contributed by atoms with Gasteiger partial charge in [0.2, 0.25) is 0 Å². The second-order valence-electron chi connectivity index (χ2n) is 7.12. The quantitative estimate of drug-likeness (QED) is 0.400. The minimum absolute atomic E-state index is 0.187. The molecule has 2 aromatic carbocycles. The molecule has 28 heavy (non-hydrogen) atoms. The molecule has 0 bridgehead atoms. The Balaban J connectivity index is 2.00. The van der Waals surface area contributed by atoms with Crippen LogP contribution in [0.25, 0.3) is 0 Å². The number of aliphatic hydroxyl groups excluding tert-OH is 4. The Morgan fingerprint density at radius 1 is 1.04 bits per heavy atom. The van der Waals surface area contributed by atoms with Gasteiger partial charge in [0, 0.05) is 16.1 Å². The highest BCUT2D eigenvalue weighted by atomic mass is 35.5. The number of aryl methyl sites for hydroxylation is 1. The number of rotatable bonds is 4. The van der Waals surface area contributed by atoms with Crippen LogP contribution in [-0.2, 0) is 10.5 Å². The minimum atomic E-state index is -1.91. The van der Waals surface area contributed by atoms with Crippen molar-refractivity contribution in [3.05, 3.63) is 69.7 Å². The molecule has 0 radical (unpaired) electrons. The van der Waals surface area contributed by atoms with Crippen LogP contribution < -0.4 is 5.73 Å². The van der Waals surface area contributed by atoms with Gasteiger partial charge in [-0.2, -0.15) is 0 Å². The molecule has 1 aliphatic rings. The average Bonchev–Trinajstić information content (AvgIpc) is 2.67. The van der Waals surface area contributed by atoms with Crippen molar-refractivity contribution in [1.29, 1.82) is 0 Å². The van der Waals surface area contributed by atoms with Gasteiger partial charge in [-0.05, 0) is 24.6 Å². The van der Waals surface area contributed by atoms with E-state index < -0.39 is 42.9 Å². The highest BCUT2D eigenvalue weighted by Gasteiger charge is 2.44. The molecule has 0 aromatic heterocycles. The summed E-state index contributed by atoms with van der Waals surface area (Å²) >= 11 is 6.27. The third-order valence-corrected chi connectivity index (χ3v) is 5.44. The van der Waals surface area contributed by atoms with E-state index in [2.05, 4.69) is 0 Å². The van der Waals surface area contributed by atoms with Gasteiger partial charge < -0.3 is 30.3 Å². The van der Waals surface area contributed by atoms with Crippen LogP contribution in [0.4, 0.5) is 0 Å². The molecule has 1 fully saturated rings. The van der Waals surface area contributed by atoms with Gasteiger partial charge in [-0.1, -0.05) is 47.5 Å². The maximum absolute atomic E-state index is 11.0. The largest absolute Gasteiger partial charge is 0.394 e.